The van der Waals surface area contributed by atoms with Gasteiger partial charge in [0.05, 0.1) is 0 Å². The van der Waals surface area contributed by atoms with Gasteiger partial charge in [-0.05, 0) is 19.8 Å². The van der Waals surface area contributed by atoms with Gasteiger partial charge >= 0.3 is 0 Å². The third-order valence-corrected chi connectivity index (χ3v) is 3.46. The molecule has 3 heteroatoms. The number of nitrogens with zero attached hydrogens (tertiary/aromatic N) is 2. The summed E-state index contributed by atoms with van der Waals surface area (Å²) >= 11 is 0. The molecular formula is C12H27N3. The zero-order chi connectivity index (χ0) is 11.4. The van der Waals surface area contributed by atoms with E-state index in [1.165, 1.54) is 26.2 Å². The van der Waals surface area contributed by atoms with Crippen molar-refractivity contribution in [2.24, 2.45) is 11.7 Å². The molecule has 15 heavy (non-hydrogen) atoms. The summed E-state index contributed by atoms with van der Waals surface area (Å²) in [4.78, 5) is 5.04. The Labute approximate surface area is 94.6 Å². The number of nitrogens with two attached hydrogens (primary N) is 1. The minimum Gasteiger partial charge on any atom is -0.326 e. The van der Waals surface area contributed by atoms with E-state index in [9.17, 15) is 0 Å². The lowest BCUT2D eigenvalue weighted by atomic mass is 10.0. The van der Waals surface area contributed by atoms with Gasteiger partial charge < -0.3 is 5.73 Å². The van der Waals surface area contributed by atoms with E-state index in [1.807, 2.05) is 0 Å². The van der Waals surface area contributed by atoms with Crippen LogP contribution in [0.1, 0.15) is 27.7 Å². The van der Waals surface area contributed by atoms with Crippen molar-refractivity contribution in [3.63, 3.8) is 0 Å². The minimum absolute atomic E-state index is 0.329. The van der Waals surface area contributed by atoms with Gasteiger partial charge in [0.15, 0.2) is 0 Å². The highest BCUT2D eigenvalue weighted by atomic mass is 15.3. The van der Waals surface area contributed by atoms with Crippen molar-refractivity contribution in [1.29, 1.82) is 0 Å². The Kier molecular flexibility index (Phi) is 5.03. The molecule has 3 nitrogen and oxygen atoms in total. The maximum absolute atomic E-state index is 6.09. The van der Waals surface area contributed by atoms with Crippen molar-refractivity contribution in [2.45, 2.75) is 39.8 Å². The molecule has 1 aliphatic heterocycles. The van der Waals surface area contributed by atoms with Crippen LogP contribution in [-0.2, 0) is 0 Å². The molecule has 1 heterocycles. The Hall–Kier alpha value is -0.120. The average molecular weight is 213 g/mol. The molecule has 0 aromatic rings. The van der Waals surface area contributed by atoms with E-state index in [0.29, 0.717) is 18.0 Å². The zero-order valence-corrected chi connectivity index (χ0v) is 10.7. The third kappa shape index (κ3) is 4.09. The molecule has 1 unspecified atom stereocenters. The van der Waals surface area contributed by atoms with Crippen molar-refractivity contribution in [1.82, 2.24) is 9.80 Å². The van der Waals surface area contributed by atoms with E-state index in [2.05, 4.69) is 37.5 Å². The van der Waals surface area contributed by atoms with Gasteiger partial charge in [-0.1, -0.05) is 13.8 Å². The van der Waals surface area contributed by atoms with Gasteiger partial charge in [0.2, 0.25) is 0 Å². The Morgan fingerprint density at radius 3 is 1.93 bits per heavy atom. The second-order valence-electron chi connectivity index (χ2n) is 5.34. The van der Waals surface area contributed by atoms with E-state index in [1.54, 1.807) is 0 Å². The van der Waals surface area contributed by atoms with Gasteiger partial charge in [0, 0.05) is 44.8 Å². The Balaban J connectivity index is 2.25. The fourth-order valence-corrected chi connectivity index (χ4v) is 1.97. The summed E-state index contributed by atoms with van der Waals surface area (Å²) in [6.07, 6.45) is 0. The predicted octanol–water partition coefficient (Wildman–Crippen LogP) is 0.996. The summed E-state index contributed by atoms with van der Waals surface area (Å²) in [5.74, 6) is 0.591. The van der Waals surface area contributed by atoms with Crippen molar-refractivity contribution < 1.29 is 0 Å². The highest BCUT2D eigenvalue weighted by molar-refractivity contribution is 4.78. The molecule has 0 spiro atoms. The Morgan fingerprint density at radius 1 is 1.00 bits per heavy atom. The van der Waals surface area contributed by atoms with Crippen LogP contribution in [0.15, 0.2) is 0 Å². The van der Waals surface area contributed by atoms with Crippen LogP contribution in [-0.4, -0.2) is 54.6 Å². The highest BCUT2D eigenvalue weighted by Crippen LogP contribution is 2.08. The monoisotopic (exact) mass is 213 g/mol. The minimum atomic E-state index is 0.329. The predicted molar refractivity (Wildman–Crippen MR) is 66.0 cm³/mol. The van der Waals surface area contributed by atoms with Crippen molar-refractivity contribution >= 4 is 0 Å². The van der Waals surface area contributed by atoms with Crippen LogP contribution in [0.3, 0.4) is 0 Å². The second kappa shape index (κ2) is 5.83. The van der Waals surface area contributed by atoms with Crippen LogP contribution < -0.4 is 5.73 Å². The van der Waals surface area contributed by atoms with Crippen molar-refractivity contribution in [3.8, 4) is 0 Å². The van der Waals surface area contributed by atoms with Gasteiger partial charge in [-0.25, -0.2) is 0 Å². The number of piperazine rings is 1. The van der Waals surface area contributed by atoms with Crippen LogP contribution in [0.4, 0.5) is 0 Å². The molecule has 0 aliphatic carbocycles. The fourth-order valence-electron chi connectivity index (χ4n) is 1.97. The maximum Gasteiger partial charge on any atom is 0.0191 e. The van der Waals surface area contributed by atoms with Gasteiger partial charge in [-0.15, -0.1) is 0 Å². The molecule has 0 amide bonds. The molecule has 0 aromatic heterocycles. The molecule has 1 atom stereocenters. The van der Waals surface area contributed by atoms with Crippen LogP contribution >= 0.6 is 0 Å². The molecule has 1 rings (SSSR count). The Bertz CT molecular complexity index is 172. The van der Waals surface area contributed by atoms with Crippen molar-refractivity contribution in [2.75, 3.05) is 32.7 Å². The molecule has 0 aromatic carbocycles. The maximum atomic E-state index is 6.09. The topological polar surface area (TPSA) is 32.5 Å². The molecule has 0 bridgehead atoms. The lowest BCUT2D eigenvalue weighted by molar-refractivity contribution is 0.101. The molecule has 90 valence electrons. The van der Waals surface area contributed by atoms with E-state index in [-0.39, 0.29) is 0 Å². The standard InChI is InChI=1S/C12H27N3/c1-10(2)12(13)9-14-5-7-15(8-6-14)11(3)4/h10-12H,5-9,13H2,1-4H3. The normalized spacial score (nSPS) is 22.6. The van der Waals surface area contributed by atoms with E-state index in [0.717, 1.165) is 6.54 Å². The first kappa shape index (κ1) is 12.9. The number of hydrogen-bond donors (Lipinski definition) is 1. The molecule has 0 saturated carbocycles. The summed E-state index contributed by atoms with van der Waals surface area (Å²) in [6.45, 7) is 14.8. The summed E-state index contributed by atoms with van der Waals surface area (Å²) in [5.41, 5.74) is 6.09. The zero-order valence-electron chi connectivity index (χ0n) is 10.7. The van der Waals surface area contributed by atoms with E-state index >= 15 is 0 Å². The third-order valence-electron chi connectivity index (χ3n) is 3.46. The summed E-state index contributed by atoms with van der Waals surface area (Å²) < 4.78 is 0. The molecular weight excluding hydrogens is 186 g/mol. The fraction of sp³-hybridized carbons (Fsp3) is 1.00. The summed E-state index contributed by atoms with van der Waals surface area (Å²) in [5, 5.41) is 0. The first-order chi connectivity index (χ1) is 7.00. The molecule has 0 radical (unpaired) electrons. The second-order valence-corrected chi connectivity index (χ2v) is 5.34. The first-order valence-corrected chi connectivity index (χ1v) is 6.22. The largest absolute Gasteiger partial charge is 0.326 e. The Morgan fingerprint density at radius 2 is 1.53 bits per heavy atom. The van der Waals surface area contributed by atoms with Gasteiger partial charge in [0.1, 0.15) is 0 Å². The van der Waals surface area contributed by atoms with E-state index in [4.69, 9.17) is 5.73 Å². The highest BCUT2D eigenvalue weighted by Gasteiger charge is 2.20. The molecule has 1 fully saturated rings. The van der Waals surface area contributed by atoms with Crippen LogP contribution in [0, 0.1) is 5.92 Å². The van der Waals surface area contributed by atoms with E-state index < -0.39 is 0 Å². The summed E-state index contributed by atoms with van der Waals surface area (Å²) in [7, 11) is 0. The van der Waals surface area contributed by atoms with Gasteiger partial charge in [0.25, 0.3) is 0 Å². The van der Waals surface area contributed by atoms with Crippen LogP contribution in [0.25, 0.3) is 0 Å². The van der Waals surface area contributed by atoms with Crippen LogP contribution in [0.5, 0.6) is 0 Å². The lowest BCUT2D eigenvalue weighted by Gasteiger charge is -2.38. The number of hydrogen-bond acceptors (Lipinski definition) is 3. The first-order valence-electron chi connectivity index (χ1n) is 6.22. The van der Waals surface area contributed by atoms with Crippen LogP contribution in [0.2, 0.25) is 0 Å². The molecule has 1 aliphatic rings. The number of rotatable bonds is 4. The average Bonchev–Trinajstić information content (AvgIpc) is 2.18. The molecule has 2 N–H and O–H groups in total. The lowest BCUT2D eigenvalue weighted by Crippen LogP contribution is -2.52. The SMILES string of the molecule is CC(C)C(N)CN1CCN(C(C)C)CC1. The van der Waals surface area contributed by atoms with Gasteiger partial charge in [-0.2, -0.15) is 0 Å². The summed E-state index contributed by atoms with van der Waals surface area (Å²) in [6, 6.07) is 1.02. The molecule has 1 saturated heterocycles. The smallest absolute Gasteiger partial charge is 0.0191 e. The quantitative estimate of drug-likeness (QED) is 0.756. The van der Waals surface area contributed by atoms with Gasteiger partial charge in [-0.3, -0.25) is 9.80 Å². The van der Waals surface area contributed by atoms with Crippen molar-refractivity contribution in [3.05, 3.63) is 0 Å².